The summed E-state index contributed by atoms with van der Waals surface area (Å²) in [5.74, 6) is -1.70. The third-order valence-electron chi connectivity index (χ3n) is 2.24. The Labute approximate surface area is 115 Å². The van der Waals surface area contributed by atoms with Crippen molar-refractivity contribution in [3.8, 4) is 5.75 Å². The van der Waals surface area contributed by atoms with Gasteiger partial charge in [-0.15, -0.1) is 0 Å². The fourth-order valence-electron chi connectivity index (χ4n) is 1.34. The minimum atomic E-state index is -0.728. The Balaban J connectivity index is 2.34. The van der Waals surface area contributed by atoms with Crippen LogP contribution in [0.3, 0.4) is 0 Å². The molecule has 0 fully saturated rings. The smallest absolute Gasteiger partial charge is 0.338 e. The van der Waals surface area contributed by atoms with Crippen molar-refractivity contribution in [2.45, 2.75) is 6.92 Å². The number of benzene rings is 1. The molecule has 1 aromatic rings. The van der Waals surface area contributed by atoms with E-state index in [9.17, 15) is 19.5 Å². The summed E-state index contributed by atoms with van der Waals surface area (Å²) in [6, 6.07) is 5.58. The monoisotopic (exact) mass is 280 g/mol. The van der Waals surface area contributed by atoms with E-state index in [4.69, 9.17) is 4.74 Å². The summed E-state index contributed by atoms with van der Waals surface area (Å²) in [5, 5.41) is 14.0. The Bertz CT molecular complexity index is 501. The molecule has 2 amide bonds. The van der Waals surface area contributed by atoms with Gasteiger partial charge in [0.1, 0.15) is 5.75 Å². The lowest BCUT2D eigenvalue weighted by molar-refractivity contribution is -0.127. The average Bonchev–Trinajstić information content (AvgIpc) is 2.43. The van der Waals surface area contributed by atoms with Crippen LogP contribution in [0.1, 0.15) is 17.3 Å². The average molecular weight is 280 g/mol. The summed E-state index contributed by atoms with van der Waals surface area (Å²) >= 11 is 0. The van der Waals surface area contributed by atoms with Crippen LogP contribution in [0, 0.1) is 0 Å². The van der Waals surface area contributed by atoms with Gasteiger partial charge >= 0.3 is 5.97 Å². The minimum absolute atomic E-state index is 0.0693. The highest BCUT2D eigenvalue weighted by atomic mass is 16.5. The summed E-state index contributed by atoms with van der Waals surface area (Å²) in [4.78, 5) is 34.0. The van der Waals surface area contributed by atoms with E-state index in [1.54, 1.807) is 6.92 Å². The van der Waals surface area contributed by atoms with E-state index in [-0.39, 0.29) is 23.8 Å². The Morgan fingerprint density at radius 1 is 1.20 bits per heavy atom. The number of amides is 2. The first-order valence-electron chi connectivity index (χ1n) is 6.02. The maximum atomic E-state index is 11.5. The zero-order valence-electron chi connectivity index (χ0n) is 11.0. The van der Waals surface area contributed by atoms with Crippen molar-refractivity contribution >= 4 is 17.8 Å². The number of carbonyl (C=O) groups excluding carboxylic acids is 3. The van der Waals surface area contributed by atoms with E-state index in [1.165, 1.54) is 24.3 Å². The molecule has 0 unspecified atom stereocenters. The van der Waals surface area contributed by atoms with E-state index >= 15 is 0 Å². The van der Waals surface area contributed by atoms with Crippen molar-refractivity contribution in [1.82, 2.24) is 10.6 Å². The Morgan fingerprint density at radius 3 is 2.60 bits per heavy atom. The number of esters is 1. The van der Waals surface area contributed by atoms with E-state index < -0.39 is 18.5 Å². The van der Waals surface area contributed by atoms with Crippen LogP contribution in [0.25, 0.3) is 0 Å². The second kappa shape index (κ2) is 7.78. The normalized spacial score (nSPS) is 9.65. The molecule has 1 aromatic carbocycles. The molecule has 0 saturated carbocycles. The number of likely N-dealkylation sites (N-methyl/N-ethyl adjacent to an activating group) is 1. The van der Waals surface area contributed by atoms with Gasteiger partial charge in [-0.1, -0.05) is 6.07 Å². The summed E-state index contributed by atoms with van der Waals surface area (Å²) in [6.07, 6.45) is 0. The van der Waals surface area contributed by atoms with Gasteiger partial charge in [0.15, 0.2) is 6.61 Å². The van der Waals surface area contributed by atoms with Crippen LogP contribution < -0.4 is 10.6 Å². The number of carbonyl (C=O) groups is 3. The summed E-state index contributed by atoms with van der Waals surface area (Å²) < 4.78 is 4.74. The number of hydrogen-bond donors (Lipinski definition) is 3. The highest BCUT2D eigenvalue weighted by Crippen LogP contribution is 2.11. The Hall–Kier alpha value is -2.57. The van der Waals surface area contributed by atoms with E-state index in [2.05, 4.69) is 10.6 Å². The molecule has 0 spiro atoms. The molecule has 7 nitrogen and oxygen atoms in total. The van der Waals surface area contributed by atoms with Gasteiger partial charge in [-0.25, -0.2) is 4.79 Å². The van der Waals surface area contributed by atoms with Gasteiger partial charge in [0, 0.05) is 6.54 Å². The lowest BCUT2D eigenvalue weighted by Gasteiger charge is -2.06. The van der Waals surface area contributed by atoms with Gasteiger partial charge in [0.2, 0.25) is 5.91 Å². The fraction of sp³-hybridized carbons (Fsp3) is 0.308. The third-order valence-corrected chi connectivity index (χ3v) is 2.24. The van der Waals surface area contributed by atoms with Crippen LogP contribution >= 0.6 is 0 Å². The van der Waals surface area contributed by atoms with Crippen molar-refractivity contribution in [3.05, 3.63) is 29.8 Å². The predicted molar refractivity (Wildman–Crippen MR) is 70.1 cm³/mol. The molecular weight excluding hydrogens is 264 g/mol. The molecule has 0 saturated heterocycles. The molecule has 3 N–H and O–H groups in total. The molecule has 7 heteroatoms. The van der Waals surface area contributed by atoms with Gasteiger partial charge in [-0.3, -0.25) is 9.59 Å². The SMILES string of the molecule is CCNC(=O)CNC(=O)COC(=O)c1cccc(O)c1. The Kier molecular flexibility index (Phi) is 6.02. The minimum Gasteiger partial charge on any atom is -0.508 e. The first-order chi connectivity index (χ1) is 9.52. The third kappa shape index (κ3) is 5.38. The molecular formula is C13H16N2O5. The zero-order chi connectivity index (χ0) is 15.0. The number of aromatic hydroxyl groups is 1. The number of phenolic OH excluding ortho intramolecular Hbond substituents is 1. The molecule has 1 rings (SSSR count). The number of hydrogen-bond acceptors (Lipinski definition) is 5. The lowest BCUT2D eigenvalue weighted by atomic mass is 10.2. The van der Waals surface area contributed by atoms with E-state index in [0.29, 0.717) is 6.54 Å². The Morgan fingerprint density at radius 2 is 1.95 bits per heavy atom. The van der Waals surface area contributed by atoms with Gasteiger partial charge in [0.25, 0.3) is 5.91 Å². The van der Waals surface area contributed by atoms with Crippen molar-refractivity contribution < 1.29 is 24.2 Å². The molecule has 0 radical (unpaired) electrons. The second-order valence-electron chi connectivity index (χ2n) is 3.86. The number of nitrogens with one attached hydrogen (secondary N) is 2. The summed E-state index contributed by atoms with van der Waals surface area (Å²) in [6.45, 7) is 1.57. The molecule has 0 bridgehead atoms. The fourth-order valence-corrected chi connectivity index (χ4v) is 1.34. The van der Waals surface area contributed by atoms with Crippen molar-refractivity contribution in [2.75, 3.05) is 19.7 Å². The quantitative estimate of drug-likeness (QED) is 0.626. The molecule has 0 heterocycles. The number of phenols is 1. The highest BCUT2D eigenvalue weighted by Gasteiger charge is 2.11. The largest absolute Gasteiger partial charge is 0.508 e. The van der Waals surface area contributed by atoms with Crippen LogP contribution in [0.4, 0.5) is 0 Å². The molecule has 0 aliphatic rings. The molecule has 20 heavy (non-hydrogen) atoms. The maximum Gasteiger partial charge on any atom is 0.338 e. The molecule has 0 aliphatic carbocycles. The number of rotatable bonds is 6. The van der Waals surface area contributed by atoms with Gasteiger partial charge in [-0.05, 0) is 25.1 Å². The van der Waals surface area contributed by atoms with Crippen molar-refractivity contribution in [2.24, 2.45) is 0 Å². The van der Waals surface area contributed by atoms with Crippen LogP contribution in [0.2, 0.25) is 0 Å². The van der Waals surface area contributed by atoms with E-state index in [1.807, 2.05) is 0 Å². The molecule has 108 valence electrons. The predicted octanol–water partition coefficient (Wildman–Crippen LogP) is -0.199. The number of ether oxygens (including phenoxy) is 1. The van der Waals surface area contributed by atoms with Gasteiger partial charge in [0.05, 0.1) is 12.1 Å². The maximum absolute atomic E-state index is 11.5. The van der Waals surface area contributed by atoms with Crippen LogP contribution in [-0.2, 0) is 14.3 Å². The molecule has 0 aliphatic heterocycles. The van der Waals surface area contributed by atoms with Crippen molar-refractivity contribution in [1.29, 1.82) is 0 Å². The van der Waals surface area contributed by atoms with Gasteiger partial charge < -0.3 is 20.5 Å². The van der Waals surface area contributed by atoms with Crippen LogP contribution in [-0.4, -0.2) is 42.6 Å². The topological polar surface area (TPSA) is 105 Å². The zero-order valence-corrected chi connectivity index (χ0v) is 11.0. The van der Waals surface area contributed by atoms with Crippen LogP contribution in [0.5, 0.6) is 5.75 Å². The van der Waals surface area contributed by atoms with Crippen LogP contribution in [0.15, 0.2) is 24.3 Å². The first-order valence-corrected chi connectivity index (χ1v) is 6.02. The van der Waals surface area contributed by atoms with Crippen molar-refractivity contribution in [3.63, 3.8) is 0 Å². The van der Waals surface area contributed by atoms with E-state index in [0.717, 1.165) is 0 Å². The first kappa shape index (κ1) is 15.5. The second-order valence-corrected chi connectivity index (χ2v) is 3.86. The molecule has 0 aromatic heterocycles. The summed E-state index contributed by atoms with van der Waals surface area (Å²) in [5.41, 5.74) is 0.140. The summed E-state index contributed by atoms with van der Waals surface area (Å²) in [7, 11) is 0. The lowest BCUT2D eigenvalue weighted by Crippen LogP contribution is -2.38. The van der Waals surface area contributed by atoms with Gasteiger partial charge in [-0.2, -0.15) is 0 Å². The molecule has 0 atom stereocenters. The highest BCUT2D eigenvalue weighted by molar-refractivity contribution is 5.92. The standard InChI is InChI=1S/C13H16N2O5/c1-2-14-11(17)7-15-12(18)8-20-13(19)9-4-3-5-10(16)6-9/h3-6,16H,2,7-8H2,1H3,(H,14,17)(H,15,18).